The molecule has 0 aliphatic heterocycles. The number of hydrogen-bond acceptors (Lipinski definition) is 2. The van der Waals surface area contributed by atoms with Crippen molar-refractivity contribution in [2.24, 2.45) is 0 Å². The Morgan fingerprint density at radius 2 is 2.25 bits per heavy atom. The van der Waals surface area contributed by atoms with Crippen LogP contribution in [0, 0.1) is 0 Å². The van der Waals surface area contributed by atoms with Crippen molar-refractivity contribution in [1.29, 1.82) is 0 Å². The van der Waals surface area contributed by atoms with Crippen molar-refractivity contribution < 1.29 is 4.21 Å². The van der Waals surface area contributed by atoms with Crippen molar-refractivity contribution in [1.82, 2.24) is 10.2 Å². The van der Waals surface area contributed by atoms with Gasteiger partial charge in [0, 0.05) is 28.3 Å². The molecule has 0 aliphatic carbocycles. The third kappa shape index (κ3) is 2.65. The standard InChI is InChI=1S/C7H12N2O2S/c1-2-3-12(11)5-6-4-7(10)9-8-6/h4H,2-3,5H2,1H3,(H2,8,9,10). The fourth-order valence-electron chi connectivity index (χ4n) is 0.923. The number of aromatic nitrogens is 2. The monoisotopic (exact) mass is 188 g/mol. The fourth-order valence-corrected chi connectivity index (χ4v) is 2.03. The van der Waals surface area contributed by atoms with E-state index in [4.69, 9.17) is 0 Å². The second-order valence-corrected chi connectivity index (χ2v) is 4.15. The summed E-state index contributed by atoms with van der Waals surface area (Å²) in [5.74, 6) is 1.12. The molecular weight excluding hydrogens is 176 g/mol. The van der Waals surface area contributed by atoms with Gasteiger partial charge >= 0.3 is 0 Å². The van der Waals surface area contributed by atoms with Gasteiger partial charge in [-0.05, 0) is 6.42 Å². The highest BCUT2D eigenvalue weighted by Crippen LogP contribution is 1.96. The van der Waals surface area contributed by atoms with Gasteiger partial charge in [-0.25, -0.2) is 0 Å². The van der Waals surface area contributed by atoms with Crippen LogP contribution in [0.5, 0.6) is 0 Å². The second kappa shape index (κ2) is 4.25. The zero-order chi connectivity index (χ0) is 8.97. The number of H-pyrrole nitrogens is 2. The topological polar surface area (TPSA) is 65.7 Å². The van der Waals surface area contributed by atoms with E-state index in [0.29, 0.717) is 17.2 Å². The predicted octanol–water partition coefficient (Wildman–Crippen LogP) is 0.362. The average molecular weight is 188 g/mol. The Hall–Kier alpha value is -0.840. The maximum atomic E-state index is 11.2. The minimum atomic E-state index is -0.848. The molecule has 0 aliphatic rings. The molecule has 2 N–H and O–H groups in total. The minimum absolute atomic E-state index is 0.168. The maximum absolute atomic E-state index is 11.2. The van der Waals surface area contributed by atoms with E-state index in [-0.39, 0.29) is 5.56 Å². The molecule has 1 heterocycles. The number of rotatable bonds is 4. The largest absolute Gasteiger partial charge is 0.301 e. The van der Waals surface area contributed by atoms with E-state index in [1.165, 1.54) is 6.07 Å². The Bertz CT molecular complexity index is 315. The zero-order valence-electron chi connectivity index (χ0n) is 6.92. The number of hydrogen-bond donors (Lipinski definition) is 2. The van der Waals surface area contributed by atoms with Crippen LogP contribution >= 0.6 is 0 Å². The van der Waals surface area contributed by atoms with Crippen molar-refractivity contribution in [2.75, 3.05) is 5.75 Å². The van der Waals surface area contributed by atoms with E-state index >= 15 is 0 Å². The van der Waals surface area contributed by atoms with Gasteiger partial charge in [0.05, 0.1) is 5.75 Å². The normalized spacial score (nSPS) is 13.1. The van der Waals surface area contributed by atoms with Gasteiger partial charge in [0.2, 0.25) is 0 Å². The SMILES string of the molecule is CCCS(=O)Cc1cc(=O)[nH][nH]1. The molecule has 1 aromatic heterocycles. The van der Waals surface area contributed by atoms with Gasteiger partial charge < -0.3 is 5.10 Å². The molecule has 1 rings (SSSR count). The second-order valence-electron chi connectivity index (χ2n) is 2.57. The van der Waals surface area contributed by atoms with Crippen molar-refractivity contribution in [2.45, 2.75) is 19.1 Å². The molecular formula is C7H12N2O2S. The summed E-state index contributed by atoms with van der Waals surface area (Å²) in [5.41, 5.74) is 0.547. The highest BCUT2D eigenvalue weighted by molar-refractivity contribution is 7.84. The van der Waals surface area contributed by atoms with Crippen LogP contribution in [0.1, 0.15) is 19.0 Å². The van der Waals surface area contributed by atoms with Gasteiger partial charge in [-0.3, -0.25) is 14.1 Å². The van der Waals surface area contributed by atoms with Crippen molar-refractivity contribution in [3.63, 3.8) is 0 Å². The van der Waals surface area contributed by atoms with E-state index in [1.54, 1.807) is 0 Å². The summed E-state index contributed by atoms with van der Waals surface area (Å²) in [7, 11) is -0.848. The van der Waals surface area contributed by atoms with E-state index in [2.05, 4.69) is 10.2 Å². The molecule has 0 fully saturated rings. The molecule has 0 amide bonds. The predicted molar refractivity (Wildman–Crippen MR) is 48.4 cm³/mol. The first kappa shape index (κ1) is 9.25. The van der Waals surface area contributed by atoms with E-state index in [1.807, 2.05) is 6.92 Å². The van der Waals surface area contributed by atoms with Gasteiger partial charge in [-0.2, -0.15) is 0 Å². The Morgan fingerprint density at radius 3 is 2.75 bits per heavy atom. The van der Waals surface area contributed by atoms with Crippen LogP contribution in [-0.4, -0.2) is 20.2 Å². The highest BCUT2D eigenvalue weighted by atomic mass is 32.2. The van der Waals surface area contributed by atoms with Crippen LogP contribution in [0.3, 0.4) is 0 Å². The lowest BCUT2D eigenvalue weighted by atomic mass is 10.5. The Kier molecular flexibility index (Phi) is 3.28. The van der Waals surface area contributed by atoms with E-state index < -0.39 is 10.8 Å². The summed E-state index contributed by atoms with van der Waals surface area (Å²) in [6.45, 7) is 1.98. The quantitative estimate of drug-likeness (QED) is 0.716. The molecule has 0 bridgehead atoms. The lowest BCUT2D eigenvalue weighted by molar-refractivity contribution is 0.680. The van der Waals surface area contributed by atoms with Crippen LogP contribution in [0.15, 0.2) is 10.9 Å². The van der Waals surface area contributed by atoms with Gasteiger partial charge in [0.1, 0.15) is 0 Å². The maximum Gasteiger partial charge on any atom is 0.264 e. The zero-order valence-corrected chi connectivity index (χ0v) is 7.74. The van der Waals surface area contributed by atoms with Crippen LogP contribution < -0.4 is 5.56 Å². The molecule has 0 aromatic carbocycles. The lowest BCUT2D eigenvalue weighted by Crippen LogP contribution is -2.00. The molecule has 0 saturated carbocycles. The molecule has 1 unspecified atom stereocenters. The molecule has 1 atom stereocenters. The van der Waals surface area contributed by atoms with Crippen molar-refractivity contribution in [3.8, 4) is 0 Å². The molecule has 1 aromatic rings. The van der Waals surface area contributed by atoms with Crippen molar-refractivity contribution in [3.05, 3.63) is 22.1 Å². The molecule has 12 heavy (non-hydrogen) atoms. The third-order valence-corrected chi connectivity index (χ3v) is 2.90. The van der Waals surface area contributed by atoms with Gasteiger partial charge in [0.15, 0.2) is 0 Å². The summed E-state index contributed by atoms with van der Waals surface area (Å²) in [4.78, 5) is 10.6. The van der Waals surface area contributed by atoms with Crippen molar-refractivity contribution >= 4 is 10.8 Å². The van der Waals surface area contributed by atoms with Crippen LogP contribution in [0.25, 0.3) is 0 Å². The van der Waals surface area contributed by atoms with Gasteiger partial charge in [-0.15, -0.1) is 0 Å². The van der Waals surface area contributed by atoms with E-state index in [9.17, 15) is 9.00 Å². The molecule has 0 saturated heterocycles. The van der Waals surface area contributed by atoms with Crippen LogP contribution in [-0.2, 0) is 16.6 Å². The Balaban J connectivity index is 2.52. The van der Waals surface area contributed by atoms with Gasteiger partial charge in [0.25, 0.3) is 5.56 Å². The summed E-state index contributed by atoms with van der Waals surface area (Å²) in [5, 5.41) is 5.07. The molecule has 5 heteroatoms. The summed E-state index contributed by atoms with van der Waals surface area (Å²) in [6.07, 6.45) is 0.904. The summed E-state index contributed by atoms with van der Waals surface area (Å²) in [6, 6.07) is 1.44. The lowest BCUT2D eigenvalue weighted by Gasteiger charge is -1.95. The summed E-state index contributed by atoms with van der Waals surface area (Å²) >= 11 is 0. The molecule has 68 valence electrons. The smallest absolute Gasteiger partial charge is 0.264 e. The fraction of sp³-hybridized carbons (Fsp3) is 0.571. The van der Waals surface area contributed by atoms with Crippen LogP contribution in [0.2, 0.25) is 0 Å². The first-order valence-electron chi connectivity index (χ1n) is 3.84. The van der Waals surface area contributed by atoms with Crippen LogP contribution in [0.4, 0.5) is 0 Å². The summed E-state index contributed by atoms with van der Waals surface area (Å²) < 4.78 is 11.2. The number of aromatic amines is 2. The number of nitrogens with one attached hydrogen (secondary N) is 2. The van der Waals surface area contributed by atoms with Gasteiger partial charge in [-0.1, -0.05) is 6.92 Å². The molecule has 0 radical (unpaired) electrons. The molecule has 0 spiro atoms. The first-order chi connectivity index (χ1) is 5.72. The minimum Gasteiger partial charge on any atom is -0.301 e. The third-order valence-electron chi connectivity index (χ3n) is 1.40. The van der Waals surface area contributed by atoms with E-state index in [0.717, 1.165) is 6.42 Å². The average Bonchev–Trinajstić information content (AvgIpc) is 2.36. The Morgan fingerprint density at radius 1 is 1.50 bits per heavy atom. The first-order valence-corrected chi connectivity index (χ1v) is 5.32. The Labute approximate surface area is 72.8 Å². The molecule has 4 nitrogen and oxygen atoms in total. The highest BCUT2D eigenvalue weighted by Gasteiger charge is 2.01.